The number of aryl methyl sites for hydroxylation is 1. The van der Waals surface area contributed by atoms with Gasteiger partial charge in [0.2, 0.25) is 0 Å². The van der Waals surface area contributed by atoms with E-state index in [1.165, 1.54) is 17.5 Å². The SMILES string of the molecule is COc1ccc2c(c1CC#N)CCC2. The summed E-state index contributed by atoms with van der Waals surface area (Å²) in [6.45, 7) is 0. The molecule has 0 fully saturated rings. The number of hydrogen-bond acceptors (Lipinski definition) is 2. The van der Waals surface area contributed by atoms with E-state index >= 15 is 0 Å². The summed E-state index contributed by atoms with van der Waals surface area (Å²) < 4.78 is 5.27. The molecule has 0 saturated carbocycles. The molecule has 1 aliphatic carbocycles. The topological polar surface area (TPSA) is 33.0 Å². The van der Waals surface area contributed by atoms with Crippen molar-refractivity contribution in [1.82, 2.24) is 0 Å². The number of benzene rings is 1. The molecule has 1 aromatic carbocycles. The van der Waals surface area contributed by atoms with Crippen LogP contribution in [0.5, 0.6) is 5.75 Å². The molecule has 2 nitrogen and oxygen atoms in total. The van der Waals surface area contributed by atoms with Gasteiger partial charge in [-0.25, -0.2) is 0 Å². The van der Waals surface area contributed by atoms with Crippen LogP contribution in [0.3, 0.4) is 0 Å². The van der Waals surface area contributed by atoms with Gasteiger partial charge in [-0.2, -0.15) is 5.26 Å². The monoisotopic (exact) mass is 187 g/mol. The van der Waals surface area contributed by atoms with E-state index in [4.69, 9.17) is 10.00 Å². The quantitative estimate of drug-likeness (QED) is 0.711. The largest absolute Gasteiger partial charge is 0.496 e. The van der Waals surface area contributed by atoms with Gasteiger partial charge in [-0.15, -0.1) is 0 Å². The lowest BCUT2D eigenvalue weighted by Gasteiger charge is -2.10. The van der Waals surface area contributed by atoms with Gasteiger partial charge in [0.1, 0.15) is 5.75 Å². The Morgan fingerprint density at radius 3 is 3.00 bits per heavy atom. The summed E-state index contributed by atoms with van der Waals surface area (Å²) in [7, 11) is 1.66. The first-order valence-corrected chi connectivity index (χ1v) is 4.91. The second kappa shape index (κ2) is 3.71. The molecule has 0 heterocycles. The van der Waals surface area contributed by atoms with Crippen LogP contribution in [0.25, 0.3) is 0 Å². The molecule has 0 spiro atoms. The van der Waals surface area contributed by atoms with E-state index in [1.54, 1.807) is 7.11 Å². The molecule has 0 radical (unpaired) electrons. The molecule has 1 aromatic rings. The van der Waals surface area contributed by atoms with Crippen molar-refractivity contribution in [1.29, 1.82) is 5.26 Å². The molecule has 0 aromatic heterocycles. The van der Waals surface area contributed by atoms with Crippen LogP contribution in [-0.2, 0) is 19.3 Å². The summed E-state index contributed by atoms with van der Waals surface area (Å²) in [4.78, 5) is 0. The zero-order valence-electron chi connectivity index (χ0n) is 8.34. The summed E-state index contributed by atoms with van der Waals surface area (Å²) in [5, 5.41) is 8.77. The summed E-state index contributed by atoms with van der Waals surface area (Å²) in [6, 6.07) is 6.32. The molecule has 0 aliphatic heterocycles. The Bertz CT molecular complexity index is 390. The summed E-state index contributed by atoms with van der Waals surface area (Å²) in [6.07, 6.45) is 3.93. The van der Waals surface area contributed by atoms with Gasteiger partial charge in [-0.1, -0.05) is 6.07 Å². The second-order valence-electron chi connectivity index (χ2n) is 3.57. The van der Waals surface area contributed by atoms with Gasteiger partial charge in [0.25, 0.3) is 0 Å². The Morgan fingerprint density at radius 2 is 2.29 bits per heavy atom. The highest BCUT2D eigenvalue weighted by atomic mass is 16.5. The Labute approximate surface area is 84.1 Å². The smallest absolute Gasteiger partial charge is 0.123 e. The maximum atomic E-state index is 8.77. The average Bonchev–Trinajstić information content (AvgIpc) is 2.67. The van der Waals surface area contributed by atoms with Crippen LogP contribution in [0.1, 0.15) is 23.1 Å². The van der Waals surface area contributed by atoms with Crippen LogP contribution < -0.4 is 4.74 Å². The molecule has 2 heteroatoms. The van der Waals surface area contributed by atoms with Crippen molar-refractivity contribution in [2.45, 2.75) is 25.7 Å². The zero-order valence-corrected chi connectivity index (χ0v) is 8.34. The fourth-order valence-electron chi connectivity index (χ4n) is 2.19. The van der Waals surface area contributed by atoms with Crippen molar-refractivity contribution in [3.8, 4) is 11.8 Å². The molecule has 0 N–H and O–H groups in total. The van der Waals surface area contributed by atoms with Crippen molar-refractivity contribution >= 4 is 0 Å². The number of nitriles is 1. The van der Waals surface area contributed by atoms with Crippen LogP contribution in [-0.4, -0.2) is 7.11 Å². The molecule has 14 heavy (non-hydrogen) atoms. The highest BCUT2D eigenvalue weighted by Crippen LogP contribution is 2.31. The van der Waals surface area contributed by atoms with Gasteiger partial charge < -0.3 is 4.74 Å². The molecule has 0 bridgehead atoms. The van der Waals surface area contributed by atoms with E-state index in [1.807, 2.05) is 6.07 Å². The van der Waals surface area contributed by atoms with Crippen LogP contribution in [0, 0.1) is 11.3 Å². The van der Waals surface area contributed by atoms with Crippen molar-refractivity contribution in [3.05, 3.63) is 28.8 Å². The van der Waals surface area contributed by atoms with Crippen LogP contribution in [0.15, 0.2) is 12.1 Å². The highest BCUT2D eigenvalue weighted by molar-refractivity contribution is 5.48. The first-order chi connectivity index (χ1) is 6.86. The lowest BCUT2D eigenvalue weighted by molar-refractivity contribution is 0.410. The lowest BCUT2D eigenvalue weighted by Crippen LogP contribution is -1.97. The third-order valence-electron chi connectivity index (χ3n) is 2.83. The molecule has 0 unspecified atom stereocenters. The Kier molecular flexibility index (Phi) is 2.41. The molecule has 2 rings (SSSR count). The Morgan fingerprint density at radius 1 is 1.43 bits per heavy atom. The van der Waals surface area contributed by atoms with Crippen molar-refractivity contribution in [2.75, 3.05) is 7.11 Å². The fraction of sp³-hybridized carbons (Fsp3) is 0.417. The summed E-state index contributed by atoms with van der Waals surface area (Å²) >= 11 is 0. The molecular formula is C12H13NO. The molecule has 1 aliphatic rings. The normalized spacial score (nSPS) is 13.4. The van der Waals surface area contributed by atoms with Crippen molar-refractivity contribution in [2.24, 2.45) is 0 Å². The number of fused-ring (bicyclic) bond motifs is 1. The first-order valence-electron chi connectivity index (χ1n) is 4.91. The molecule has 0 amide bonds. The molecule has 0 atom stereocenters. The molecule has 72 valence electrons. The van der Waals surface area contributed by atoms with Crippen molar-refractivity contribution < 1.29 is 4.74 Å². The maximum Gasteiger partial charge on any atom is 0.123 e. The lowest BCUT2D eigenvalue weighted by atomic mass is 10.0. The van der Waals surface area contributed by atoms with Gasteiger partial charge >= 0.3 is 0 Å². The zero-order chi connectivity index (χ0) is 9.97. The summed E-state index contributed by atoms with van der Waals surface area (Å²) in [5.74, 6) is 0.868. The third-order valence-corrected chi connectivity index (χ3v) is 2.83. The fourth-order valence-corrected chi connectivity index (χ4v) is 2.19. The Balaban J connectivity index is 2.51. The predicted octanol–water partition coefficient (Wildman–Crippen LogP) is 2.25. The maximum absolute atomic E-state index is 8.77. The highest BCUT2D eigenvalue weighted by Gasteiger charge is 2.17. The van der Waals surface area contributed by atoms with Gasteiger partial charge in [0.15, 0.2) is 0 Å². The first kappa shape index (κ1) is 9.08. The number of nitrogens with zero attached hydrogens (tertiary/aromatic N) is 1. The standard InChI is InChI=1S/C12H13NO/c1-14-12-6-5-9-3-2-4-10(9)11(12)7-8-13/h5-6H,2-4,7H2,1H3. The predicted molar refractivity (Wildman–Crippen MR) is 54.3 cm³/mol. The minimum Gasteiger partial charge on any atom is -0.496 e. The van der Waals surface area contributed by atoms with Gasteiger partial charge in [0.05, 0.1) is 19.6 Å². The number of hydrogen-bond donors (Lipinski definition) is 0. The van der Waals surface area contributed by atoms with Crippen LogP contribution >= 0.6 is 0 Å². The number of ether oxygens (including phenoxy) is 1. The van der Waals surface area contributed by atoms with E-state index in [0.29, 0.717) is 6.42 Å². The molecule has 0 saturated heterocycles. The van der Waals surface area contributed by atoms with Crippen LogP contribution in [0.2, 0.25) is 0 Å². The van der Waals surface area contributed by atoms with E-state index in [9.17, 15) is 0 Å². The van der Waals surface area contributed by atoms with E-state index in [-0.39, 0.29) is 0 Å². The molecular weight excluding hydrogens is 174 g/mol. The van der Waals surface area contributed by atoms with Gasteiger partial charge in [-0.3, -0.25) is 0 Å². The van der Waals surface area contributed by atoms with Gasteiger partial charge in [-0.05, 0) is 36.5 Å². The van der Waals surface area contributed by atoms with Crippen molar-refractivity contribution in [3.63, 3.8) is 0 Å². The Hall–Kier alpha value is -1.49. The van der Waals surface area contributed by atoms with E-state index in [0.717, 1.165) is 24.2 Å². The second-order valence-corrected chi connectivity index (χ2v) is 3.57. The minimum atomic E-state index is 0.465. The van der Waals surface area contributed by atoms with E-state index in [2.05, 4.69) is 12.1 Å². The minimum absolute atomic E-state index is 0.465. The van der Waals surface area contributed by atoms with Crippen LogP contribution in [0.4, 0.5) is 0 Å². The number of methoxy groups -OCH3 is 1. The average molecular weight is 187 g/mol. The third kappa shape index (κ3) is 1.35. The number of rotatable bonds is 2. The van der Waals surface area contributed by atoms with Gasteiger partial charge in [0, 0.05) is 5.56 Å². The van der Waals surface area contributed by atoms with E-state index < -0.39 is 0 Å². The summed E-state index contributed by atoms with van der Waals surface area (Å²) in [5.41, 5.74) is 3.85.